The minimum atomic E-state index is -0.672. The molecule has 0 saturated carbocycles. The summed E-state index contributed by atoms with van der Waals surface area (Å²) < 4.78 is 7.35. The van der Waals surface area contributed by atoms with Gasteiger partial charge in [0, 0.05) is 12.2 Å². The van der Waals surface area contributed by atoms with Crippen LogP contribution in [0.5, 0.6) is 5.75 Å². The lowest BCUT2D eigenvalue weighted by Gasteiger charge is -2.14. The van der Waals surface area contributed by atoms with Gasteiger partial charge in [-0.1, -0.05) is 12.1 Å². The van der Waals surface area contributed by atoms with E-state index in [1.807, 2.05) is 51.1 Å². The van der Waals surface area contributed by atoms with Crippen molar-refractivity contribution in [3.05, 3.63) is 59.7 Å². The van der Waals surface area contributed by atoms with Crippen LogP contribution < -0.4 is 10.1 Å². The molecule has 3 aromatic rings. The van der Waals surface area contributed by atoms with Crippen molar-refractivity contribution in [1.29, 1.82) is 0 Å². The molecule has 26 heavy (non-hydrogen) atoms. The van der Waals surface area contributed by atoms with Crippen molar-refractivity contribution in [2.45, 2.75) is 26.9 Å². The van der Waals surface area contributed by atoms with Crippen molar-refractivity contribution in [2.24, 2.45) is 0 Å². The fourth-order valence-corrected chi connectivity index (χ4v) is 2.58. The second-order valence-corrected chi connectivity index (χ2v) is 6.26. The van der Waals surface area contributed by atoms with Crippen molar-refractivity contribution in [3.8, 4) is 11.6 Å². The van der Waals surface area contributed by atoms with Crippen LogP contribution in [0.3, 0.4) is 0 Å². The highest BCUT2D eigenvalue weighted by Gasteiger charge is 2.09. The smallest absolute Gasteiger partial charge is 0.174 e. The number of rotatable bonds is 7. The predicted molar refractivity (Wildman–Crippen MR) is 99.8 cm³/mol. The standard InChI is InChI=1S/C19H23N5O2/c1-13-5-4-6-17(7-13)26-12-16(25)9-21-18-10-20-11-19(22-18)24-15(3)8-14(2)23-24/h4-8,10-11,16,25H,9,12H2,1-3H3,(H,21,22). The number of nitrogens with zero attached hydrogens (tertiary/aromatic N) is 4. The van der Waals surface area contributed by atoms with Crippen molar-refractivity contribution >= 4 is 5.82 Å². The molecule has 7 nitrogen and oxygen atoms in total. The van der Waals surface area contributed by atoms with Crippen molar-refractivity contribution in [2.75, 3.05) is 18.5 Å². The summed E-state index contributed by atoms with van der Waals surface area (Å²) in [6.07, 6.45) is 2.60. The van der Waals surface area contributed by atoms with Crippen LogP contribution in [-0.2, 0) is 0 Å². The van der Waals surface area contributed by atoms with Crippen LogP contribution in [0.1, 0.15) is 17.0 Å². The predicted octanol–water partition coefficient (Wildman–Crippen LogP) is 2.44. The molecule has 0 aliphatic heterocycles. The van der Waals surface area contributed by atoms with Crippen LogP contribution in [0.25, 0.3) is 5.82 Å². The van der Waals surface area contributed by atoms with E-state index in [0.29, 0.717) is 18.2 Å². The number of hydrogen-bond acceptors (Lipinski definition) is 6. The van der Waals surface area contributed by atoms with Gasteiger partial charge in [-0.15, -0.1) is 0 Å². The number of ether oxygens (including phenoxy) is 1. The van der Waals surface area contributed by atoms with Crippen LogP contribution in [0.2, 0.25) is 0 Å². The molecule has 1 atom stereocenters. The number of aliphatic hydroxyl groups is 1. The van der Waals surface area contributed by atoms with E-state index < -0.39 is 6.10 Å². The van der Waals surface area contributed by atoms with E-state index >= 15 is 0 Å². The molecule has 0 fully saturated rings. The molecule has 0 aliphatic carbocycles. The Morgan fingerprint density at radius 3 is 2.77 bits per heavy atom. The fourth-order valence-electron chi connectivity index (χ4n) is 2.58. The third-order valence-corrected chi connectivity index (χ3v) is 3.80. The summed E-state index contributed by atoms with van der Waals surface area (Å²) in [6, 6.07) is 9.71. The average molecular weight is 353 g/mol. The molecule has 7 heteroatoms. The average Bonchev–Trinajstić information content (AvgIpc) is 2.97. The van der Waals surface area contributed by atoms with Gasteiger partial charge < -0.3 is 15.2 Å². The van der Waals surface area contributed by atoms with E-state index in [4.69, 9.17) is 4.74 Å². The normalized spacial score (nSPS) is 12.0. The highest BCUT2D eigenvalue weighted by molar-refractivity contribution is 5.36. The number of anilines is 1. The van der Waals surface area contributed by atoms with E-state index in [-0.39, 0.29) is 6.61 Å². The summed E-state index contributed by atoms with van der Waals surface area (Å²) >= 11 is 0. The molecule has 1 unspecified atom stereocenters. The quantitative estimate of drug-likeness (QED) is 0.679. The molecular weight excluding hydrogens is 330 g/mol. The van der Waals surface area contributed by atoms with Gasteiger partial charge in [0.15, 0.2) is 5.82 Å². The second-order valence-electron chi connectivity index (χ2n) is 6.26. The SMILES string of the molecule is Cc1cccc(OCC(O)CNc2cncc(-n3nc(C)cc3C)n2)c1. The van der Waals surface area contributed by atoms with Gasteiger partial charge in [0.2, 0.25) is 0 Å². The van der Waals surface area contributed by atoms with Gasteiger partial charge in [-0.2, -0.15) is 5.10 Å². The van der Waals surface area contributed by atoms with E-state index in [9.17, 15) is 5.11 Å². The molecular formula is C19H23N5O2. The minimum absolute atomic E-state index is 0.195. The van der Waals surface area contributed by atoms with Crippen LogP contribution >= 0.6 is 0 Å². The van der Waals surface area contributed by atoms with Crippen LogP contribution in [0, 0.1) is 20.8 Å². The third-order valence-electron chi connectivity index (χ3n) is 3.80. The summed E-state index contributed by atoms with van der Waals surface area (Å²) in [5.41, 5.74) is 3.03. The highest BCUT2D eigenvalue weighted by Crippen LogP contribution is 2.13. The zero-order valence-corrected chi connectivity index (χ0v) is 15.2. The topological polar surface area (TPSA) is 85.1 Å². The number of benzene rings is 1. The Kier molecular flexibility index (Phi) is 5.48. The maximum absolute atomic E-state index is 10.1. The van der Waals surface area contributed by atoms with E-state index in [1.54, 1.807) is 17.1 Å². The summed E-state index contributed by atoms with van der Waals surface area (Å²) in [5.74, 6) is 1.95. The molecule has 1 aromatic carbocycles. The Morgan fingerprint density at radius 1 is 1.19 bits per heavy atom. The van der Waals surface area contributed by atoms with Gasteiger partial charge in [0.25, 0.3) is 0 Å². The second kappa shape index (κ2) is 7.97. The summed E-state index contributed by atoms with van der Waals surface area (Å²) in [4.78, 5) is 8.69. The van der Waals surface area contributed by atoms with Crippen molar-refractivity contribution < 1.29 is 9.84 Å². The first kappa shape index (κ1) is 17.9. The highest BCUT2D eigenvalue weighted by atomic mass is 16.5. The first-order valence-corrected chi connectivity index (χ1v) is 8.48. The lowest BCUT2D eigenvalue weighted by Crippen LogP contribution is -2.26. The first-order chi connectivity index (χ1) is 12.5. The van der Waals surface area contributed by atoms with Crippen molar-refractivity contribution in [1.82, 2.24) is 19.7 Å². The Bertz CT molecular complexity index is 878. The van der Waals surface area contributed by atoms with Crippen LogP contribution in [0.15, 0.2) is 42.7 Å². The number of aliphatic hydroxyl groups excluding tert-OH is 1. The van der Waals surface area contributed by atoms with Gasteiger partial charge >= 0.3 is 0 Å². The molecule has 2 N–H and O–H groups in total. The zero-order valence-electron chi connectivity index (χ0n) is 15.2. The van der Waals surface area contributed by atoms with Gasteiger partial charge in [-0.3, -0.25) is 4.98 Å². The maximum Gasteiger partial charge on any atom is 0.174 e. The van der Waals surface area contributed by atoms with Gasteiger partial charge in [-0.25, -0.2) is 9.67 Å². The minimum Gasteiger partial charge on any atom is -0.491 e. The fraction of sp³-hybridized carbons (Fsp3) is 0.316. The Hall–Kier alpha value is -2.93. The van der Waals surface area contributed by atoms with Gasteiger partial charge in [0.05, 0.1) is 18.1 Å². The molecule has 0 radical (unpaired) electrons. The number of aryl methyl sites for hydroxylation is 3. The Balaban J connectivity index is 1.56. The monoisotopic (exact) mass is 353 g/mol. The Morgan fingerprint density at radius 2 is 2.04 bits per heavy atom. The molecule has 136 valence electrons. The molecule has 3 rings (SSSR count). The van der Waals surface area contributed by atoms with Crippen LogP contribution in [-0.4, -0.2) is 44.1 Å². The number of hydrogen-bond donors (Lipinski definition) is 2. The third kappa shape index (κ3) is 4.58. The molecule has 0 bridgehead atoms. The molecule has 2 aromatic heterocycles. The molecule has 0 amide bonds. The van der Waals surface area contributed by atoms with Gasteiger partial charge in [0.1, 0.15) is 24.3 Å². The van der Waals surface area contributed by atoms with Crippen molar-refractivity contribution in [3.63, 3.8) is 0 Å². The van der Waals surface area contributed by atoms with Gasteiger partial charge in [-0.05, 0) is 44.5 Å². The largest absolute Gasteiger partial charge is 0.491 e. The summed E-state index contributed by atoms with van der Waals surface area (Å²) in [6.45, 7) is 6.40. The Labute approximate surface area is 152 Å². The zero-order chi connectivity index (χ0) is 18.5. The lowest BCUT2D eigenvalue weighted by molar-refractivity contribution is 0.117. The summed E-state index contributed by atoms with van der Waals surface area (Å²) in [5, 5.41) is 17.6. The summed E-state index contributed by atoms with van der Waals surface area (Å²) in [7, 11) is 0. The molecule has 2 heterocycles. The number of aromatic nitrogens is 4. The van der Waals surface area contributed by atoms with Crippen LogP contribution in [0.4, 0.5) is 5.82 Å². The molecule has 0 spiro atoms. The lowest BCUT2D eigenvalue weighted by atomic mass is 10.2. The first-order valence-electron chi connectivity index (χ1n) is 8.48. The molecule has 0 aliphatic rings. The number of nitrogens with one attached hydrogen (secondary N) is 1. The van der Waals surface area contributed by atoms with E-state index in [0.717, 1.165) is 22.7 Å². The molecule has 0 saturated heterocycles. The van der Waals surface area contributed by atoms with E-state index in [2.05, 4.69) is 20.4 Å². The maximum atomic E-state index is 10.1. The van der Waals surface area contributed by atoms with E-state index in [1.165, 1.54) is 0 Å².